The second-order valence-electron chi connectivity index (χ2n) is 15.3. The van der Waals surface area contributed by atoms with Gasteiger partial charge in [-0.25, -0.2) is 25.3 Å². The molecule has 6 rings (SSSR count). The second kappa shape index (κ2) is 18.5. The second-order valence-corrected chi connectivity index (χ2v) is 19.5. The number of rotatable bonds is 16. The predicted octanol–water partition coefficient (Wildman–Crippen LogP) is -0.724. The first-order valence-corrected chi connectivity index (χ1v) is 23.0. The van der Waals surface area contributed by atoms with E-state index < -0.39 is 52.9 Å². The maximum Gasteiger partial charge on any atom is 1.00 e. The first-order valence-electron chi connectivity index (χ1n) is 18.7. The van der Waals surface area contributed by atoms with Crippen LogP contribution >= 0.6 is 0 Å². The Labute approximate surface area is 380 Å². The molecule has 0 aromatic heterocycles. The number of nitrogens with zero attached hydrogens (tertiary/aromatic N) is 2. The largest absolute Gasteiger partial charge is 1.00 e. The van der Waals surface area contributed by atoms with E-state index in [-0.39, 0.29) is 88.2 Å². The molecule has 2 aromatic rings. The Morgan fingerprint density at radius 1 is 0.789 bits per heavy atom. The monoisotopic (exact) mass is 860 g/mol. The number of carboxylic acid groups (broad SMARTS) is 1. The number of unbranched alkanes of at least 4 members (excludes halogenated alkanes) is 3. The molecule has 2 unspecified atom stereocenters. The van der Waals surface area contributed by atoms with Crippen molar-refractivity contribution in [2.75, 3.05) is 23.7 Å². The van der Waals surface area contributed by atoms with E-state index in [2.05, 4.69) is 4.90 Å². The minimum Gasteiger partial charge on any atom is -0.748 e. The van der Waals surface area contributed by atoms with Crippen LogP contribution in [0.3, 0.4) is 0 Å². The molecule has 4 heterocycles. The predicted molar refractivity (Wildman–Crippen MR) is 203 cm³/mol. The van der Waals surface area contributed by atoms with Crippen molar-refractivity contribution in [1.29, 1.82) is 0 Å². The van der Waals surface area contributed by atoms with Gasteiger partial charge in [0.15, 0.2) is 5.71 Å². The molecule has 4 aliphatic rings. The number of aryl methyl sites for hydroxylation is 2. The molecule has 0 saturated carbocycles. The zero-order chi connectivity index (χ0) is 40.0. The van der Waals surface area contributed by atoms with Crippen molar-refractivity contribution < 1.29 is 113 Å². The summed E-state index contributed by atoms with van der Waals surface area (Å²) in [5.41, 5.74) is 3.89. The standard InChI is InChI=1S/C39H48N2O11S3.2Na/c1-38(22-8-4-7-17-33(42)43)31(40-24-11-13-27-18-20-29(54(47,48)49)34(38)36(27)40)15-5-3-6-16-32-39(2,23-9-10-26-53(44,45)46)35-30(55(50,51)52)21-19-28-14-12-25-41(32)37(28)35;;/h3,5-6,15-16,18-21H,4,7-14,17,22-26H2,1-2H3,(H3-,42,43,44,45,46,47,48,49,50,51,52);;/q;2*+1/p-2. The molecule has 0 fully saturated rings. The summed E-state index contributed by atoms with van der Waals surface area (Å²) in [7, 11) is -14.1. The van der Waals surface area contributed by atoms with Crippen molar-refractivity contribution in [1.82, 2.24) is 0 Å². The fourth-order valence-corrected chi connectivity index (χ4v) is 11.4. The van der Waals surface area contributed by atoms with Crippen LogP contribution in [-0.4, -0.2) is 79.1 Å². The van der Waals surface area contributed by atoms with Gasteiger partial charge in [-0.05, 0) is 82.6 Å². The van der Waals surface area contributed by atoms with Crippen molar-refractivity contribution in [3.8, 4) is 0 Å². The number of carbonyl (C=O) groups is 1. The number of allylic oxidation sites excluding steroid dienone is 6. The molecule has 2 aromatic carbocycles. The molecule has 13 nitrogen and oxygen atoms in total. The van der Waals surface area contributed by atoms with Gasteiger partial charge in [-0.15, -0.1) is 0 Å². The number of benzene rings is 2. The quantitative estimate of drug-likeness (QED) is 0.0728. The first-order chi connectivity index (χ1) is 25.8. The van der Waals surface area contributed by atoms with E-state index >= 15 is 0 Å². The van der Waals surface area contributed by atoms with Crippen LogP contribution < -0.4 is 64.0 Å². The molecule has 298 valence electrons. The van der Waals surface area contributed by atoms with E-state index in [9.17, 15) is 43.7 Å². The smallest absolute Gasteiger partial charge is 0.748 e. The van der Waals surface area contributed by atoms with Crippen molar-refractivity contribution >= 4 is 53.4 Å². The summed E-state index contributed by atoms with van der Waals surface area (Å²) < 4.78 is 112. The van der Waals surface area contributed by atoms with Crippen LogP contribution in [0.4, 0.5) is 11.4 Å². The number of hydrogen-bond donors (Lipinski definition) is 1. The molecule has 57 heavy (non-hydrogen) atoms. The number of carboxylic acids is 1. The molecular weight excluding hydrogens is 815 g/mol. The summed E-state index contributed by atoms with van der Waals surface area (Å²) in [6.07, 6.45) is 15.1. The molecule has 0 spiro atoms. The Hall–Kier alpha value is -1.67. The molecule has 4 aliphatic heterocycles. The van der Waals surface area contributed by atoms with Crippen molar-refractivity contribution in [2.24, 2.45) is 0 Å². The molecule has 1 N–H and O–H groups in total. The molecule has 0 saturated heterocycles. The molecule has 0 aliphatic carbocycles. The van der Waals surface area contributed by atoms with Crippen LogP contribution in [0.2, 0.25) is 0 Å². The van der Waals surface area contributed by atoms with Gasteiger partial charge in [-0.3, -0.25) is 4.79 Å². The molecule has 0 amide bonds. The van der Waals surface area contributed by atoms with Crippen molar-refractivity contribution in [3.05, 3.63) is 82.6 Å². The van der Waals surface area contributed by atoms with E-state index in [0.29, 0.717) is 68.4 Å². The fraction of sp³-hybridized carbons (Fsp3) is 0.487. The third-order valence-corrected chi connectivity index (χ3v) is 14.2. The van der Waals surface area contributed by atoms with Gasteiger partial charge in [0.2, 0.25) is 5.69 Å². The molecule has 2 atom stereocenters. The maximum atomic E-state index is 12.6. The Kier molecular flexibility index (Phi) is 15.6. The molecule has 0 radical (unpaired) electrons. The number of aliphatic carboxylic acids is 1. The van der Waals surface area contributed by atoms with E-state index in [1.807, 2.05) is 36.7 Å². The zero-order valence-electron chi connectivity index (χ0n) is 33.0. The summed E-state index contributed by atoms with van der Waals surface area (Å²) >= 11 is 0. The van der Waals surface area contributed by atoms with Gasteiger partial charge in [0.05, 0.1) is 30.9 Å². The molecule has 18 heteroatoms. The van der Waals surface area contributed by atoms with E-state index in [0.717, 1.165) is 47.5 Å². The van der Waals surface area contributed by atoms with Crippen LogP contribution in [0.15, 0.2) is 70.1 Å². The zero-order valence-corrected chi connectivity index (χ0v) is 39.4. The van der Waals surface area contributed by atoms with Crippen LogP contribution in [0.5, 0.6) is 0 Å². The normalized spacial score (nSPS) is 22.2. The van der Waals surface area contributed by atoms with Crippen molar-refractivity contribution in [2.45, 2.75) is 112 Å². The number of hydrogen-bond acceptors (Lipinski definition) is 11. The number of anilines is 1. The third-order valence-electron chi connectivity index (χ3n) is 11.6. The Morgan fingerprint density at radius 3 is 2.05 bits per heavy atom. The minimum atomic E-state index is -4.88. The van der Waals surface area contributed by atoms with Gasteiger partial charge < -0.3 is 23.7 Å². The van der Waals surface area contributed by atoms with Crippen molar-refractivity contribution in [3.63, 3.8) is 0 Å². The SMILES string of the molecule is CC1(CCCCS(=O)(=O)[O-])C(/C=C/C=C/C=C2\N3CCCc4ccc(S(=O)(=O)[O-])c(c43)C2(C)CCCCCC(=O)O)=[N+]2CCCc3ccc(S(=O)(=O)[O-])c1c32.[Na+].[Na+]. The average Bonchev–Trinajstić information content (AvgIpc) is 3.49. The van der Waals surface area contributed by atoms with E-state index in [1.54, 1.807) is 24.3 Å². The van der Waals surface area contributed by atoms with Gasteiger partial charge in [0, 0.05) is 59.1 Å². The Morgan fingerprint density at radius 2 is 1.40 bits per heavy atom. The summed E-state index contributed by atoms with van der Waals surface area (Å²) in [5, 5.41) is 9.12. The van der Waals surface area contributed by atoms with E-state index in [4.69, 9.17) is 5.11 Å². The summed E-state index contributed by atoms with van der Waals surface area (Å²) in [5.74, 6) is -1.44. The first kappa shape index (κ1) is 48.0. The van der Waals surface area contributed by atoms with Crippen LogP contribution in [-0.2, 0) is 58.8 Å². The maximum absolute atomic E-state index is 12.6. The minimum absolute atomic E-state index is 0. The van der Waals surface area contributed by atoms with Crippen LogP contribution in [0, 0.1) is 0 Å². The summed E-state index contributed by atoms with van der Waals surface area (Å²) in [4.78, 5) is 12.7. The van der Waals surface area contributed by atoms with Gasteiger partial charge in [0.25, 0.3) is 0 Å². The van der Waals surface area contributed by atoms with E-state index in [1.165, 1.54) is 12.1 Å². The van der Waals surface area contributed by atoms with Gasteiger partial charge >= 0.3 is 65.1 Å². The Bertz CT molecular complexity index is 2380. The summed E-state index contributed by atoms with van der Waals surface area (Å²) in [6, 6.07) is 6.16. The molecule has 0 bridgehead atoms. The topological polar surface area (TPSA) is 215 Å². The van der Waals surface area contributed by atoms with Gasteiger partial charge in [-0.2, -0.15) is 4.58 Å². The van der Waals surface area contributed by atoms with Crippen LogP contribution in [0.25, 0.3) is 0 Å². The average molecular weight is 861 g/mol. The molecular formula is C39H46N2Na2O11S3. The van der Waals surface area contributed by atoms with Gasteiger partial charge in [0.1, 0.15) is 26.8 Å². The fourth-order valence-electron chi connectivity index (χ4n) is 9.25. The van der Waals surface area contributed by atoms with Gasteiger partial charge in [-0.1, -0.05) is 49.6 Å². The Balaban J connectivity index is 0.00000360. The third kappa shape index (κ3) is 9.94. The van der Waals surface area contributed by atoms with Crippen LogP contribution in [0.1, 0.15) is 100 Å². The summed E-state index contributed by atoms with van der Waals surface area (Å²) in [6.45, 7) is 4.98.